The van der Waals surface area contributed by atoms with Gasteiger partial charge < -0.3 is 10.0 Å². The van der Waals surface area contributed by atoms with Gasteiger partial charge in [0.25, 0.3) is 0 Å². The van der Waals surface area contributed by atoms with E-state index in [-0.39, 0.29) is 18.5 Å². The number of carbonyl (C=O) groups is 2. The lowest BCUT2D eigenvalue weighted by atomic mass is 10.2. The second kappa shape index (κ2) is 6.71. The lowest BCUT2D eigenvalue weighted by molar-refractivity contribution is -0.144. The number of benzene rings is 1. The first-order chi connectivity index (χ1) is 11.1. The average Bonchev–Trinajstić information content (AvgIpc) is 3.42. The molecule has 2 saturated carbocycles. The minimum absolute atomic E-state index is 0.0522. The molecule has 2 aliphatic carbocycles. The van der Waals surface area contributed by atoms with Crippen LogP contribution in [0.3, 0.4) is 0 Å². The molecule has 0 radical (unpaired) electrons. The van der Waals surface area contributed by atoms with Crippen LogP contribution in [-0.2, 0) is 16.1 Å². The molecule has 1 unspecified atom stereocenters. The van der Waals surface area contributed by atoms with Crippen molar-refractivity contribution < 1.29 is 14.7 Å². The zero-order valence-corrected chi connectivity index (χ0v) is 13.5. The third kappa shape index (κ3) is 4.10. The third-order valence-electron chi connectivity index (χ3n) is 4.69. The molecule has 1 aromatic carbocycles. The molecule has 0 spiro atoms. The number of aliphatic carboxylic acids is 1. The van der Waals surface area contributed by atoms with Crippen LogP contribution in [0.4, 0.5) is 0 Å². The minimum Gasteiger partial charge on any atom is -0.480 e. The summed E-state index contributed by atoms with van der Waals surface area (Å²) in [6.07, 6.45) is 4.09. The fourth-order valence-electron chi connectivity index (χ4n) is 2.96. The van der Waals surface area contributed by atoms with Gasteiger partial charge in [-0.25, -0.2) is 0 Å². The van der Waals surface area contributed by atoms with E-state index in [2.05, 4.69) is 0 Å². The monoisotopic (exact) mass is 316 g/mol. The highest BCUT2D eigenvalue weighted by Gasteiger charge is 2.39. The van der Waals surface area contributed by atoms with E-state index >= 15 is 0 Å². The van der Waals surface area contributed by atoms with Gasteiger partial charge in [0.1, 0.15) is 6.04 Å². The number of amides is 1. The second-order valence-electron chi connectivity index (χ2n) is 6.66. The Bertz CT molecular complexity index is 567. The van der Waals surface area contributed by atoms with Crippen molar-refractivity contribution in [3.63, 3.8) is 0 Å². The Balaban J connectivity index is 1.67. The molecule has 124 valence electrons. The van der Waals surface area contributed by atoms with E-state index < -0.39 is 12.0 Å². The van der Waals surface area contributed by atoms with Gasteiger partial charge in [-0.2, -0.15) is 0 Å². The van der Waals surface area contributed by atoms with Gasteiger partial charge in [-0.15, -0.1) is 0 Å². The molecule has 1 atom stereocenters. The van der Waals surface area contributed by atoms with Crippen molar-refractivity contribution in [2.24, 2.45) is 0 Å². The summed E-state index contributed by atoms with van der Waals surface area (Å²) in [6, 6.07) is 9.95. The van der Waals surface area contributed by atoms with Crippen molar-refractivity contribution in [3.05, 3.63) is 35.9 Å². The van der Waals surface area contributed by atoms with Crippen LogP contribution >= 0.6 is 0 Å². The molecule has 0 heterocycles. The van der Waals surface area contributed by atoms with E-state index in [1.54, 1.807) is 6.92 Å². The fourth-order valence-corrected chi connectivity index (χ4v) is 2.96. The van der Waals surface area contributed by atoms with Crippen LogP contribution < -0.4 is 0 Å². The minimum atomic E-state index is -0.856. The predicted molar refractivity (Wildman–Crippen MR) is 86.8 cm³/mol. The molecule has 0 aliphatic heterocycles. The van der Waals surface area contributed by atoms with Crippen LogP contribution in [0.2, 0.25) is 0 Å². The Labute approximate surface area is 136 Å². The van der Waals surface area contributed by atoms with E-state index in [1.165, 1.54) is 0 Å². The molecule has 1 N–H and O–H groups in total. The van der Waals surface area contributed by atoms with Crippen LogP contribution in [0.5, 0.6) is 0 Å². The zero-order chi connectivity index (χ0) is 16.4. The molecule has 5 nitrogen and oxygen atoms in total. The van der Waals surface area contributed by atoms with E-state index in [0.29, 0.717) is 12.6 Å². The molecule has 2 fully saturated rings. The van der Waals surface area contributed by atoms with Crippen molar-refractivity contribution >= 4 is 11.9 Å². The van der Waals surface area contributed by atoms with E-state index in [4.69, 9.17) is 0 Å². The largest absolute Gasteiger partial charge is 0.480 e. The van der Waals surface area contributed by atoms with Gasteiger partial charge in [0.15, 0.2) is 0 Å². The molecular formula is C18H24N2O3. The summed E-state index contributed by atoms with van der Waals surface area (Å²) < 4.78 is 0. The summed E-state index contributed by atoms with van der Waals surface area (Å²) in [5.41, 5.74) is 1.12. The van der Waals surface area contributed by atoms with Crippen molar-refractivity contribution in [3.8, 4) is 0 Å². The highest BCUT2D eigenvalue weighted by Crippen LogP contribution is 2.31. The molecule has 23 heavy (non-hydrogen) atoms. The number of carboxylic acids is 1. The van der Waals surface area contributed by atoms with E-state index in [0.717, 1.165) is 31.2 Å². The quantitative estimate of drug-likeness (QED) is 0.798. The number of nitrogens with zero attached hydrogens (tertiary/aromatic N) is 2. The number of hydrogen-bond acceptors (Lipinski definition) is 3. The van der Waals surface area contributed by atoms with Gasteiger partial charge in [-0.1, -0.05) is 30.3 Å². The van der Waals surface area contributed by atoms with Crippen molar-refractivity contribution in [2.75, 3.05) is 6.54 Å². The zero-order valence-electron chi connectivity index (χ0n) is 13.5. The van der Waals surface area contributed by atoms with E-state index in [1.807, 2.05) is 40.1 Å². The number of carbonyl (C=O) groups excluding carboxylic acids is 1. The summed E-state index contributed by atoms with van der Waals surface area (Å²) in [5, 5.41) is 9.27. The molecule has 5 heteroatoms. The molecule has 0 saturated heterocycles. The normalized spacial score (nSPS) is 18.7. The molecule has 3 rings (SSSR count). The maximum absolute atomic E-state index is 12.8. The Morgan fingerprint density at radius 3 is 2.26 bits per heavy atom. The van der Waals surface area contributed by atoms with Gasteiger partial charge in [0.05, 0.1) is 6.54 Å². The van der Waals surface area contributed by atoms with Gasteiger partial charge in [-0.05, 0) is 38.2 Å². The summed E-state index contributed by atoms with van der Waals surface area (Å²) in [7, 11) is 0. The summed E-state index contributed by atoms with van der Waals surface area (Å²) in [4.78, 5) is 27.9. The lowest BCUT2D eigenvalue weighted by Crippen LogP contribution is -2.47. The number of hydrogen-bond donors (Lipinski definition) is 1. The summed E-state index contributed by atoms with van der Waals surface area (Å²) in [6.45, 7) is 2.50. The summed E-state index contributed by atoms with van der Waals surface area (Å²) in [5.74, 6) is -0.804. The Morgan fingerprint density at radius 1 is 1.13 bits per heavy atom. The number of carboxylic acid groups (broad SMARTS) is 1. The van der Waals surface area contributed by atoms with E-state index in [9.17, 15) is 14.7 Å². The standard InChI is InChI=1S/C18H24N2O3/c1-13(18(22)23)19(15-7-8-15)12-17(21)20(16-9-10-16)11-14-5-3-2-4-6-14/h2-6,13,15-16H,7-12H2,1H3,(H,22,23). The van der Waals surface area contributed by atoms with Crippen LogP contribution in [0, 0.1) is 0 Å². The SMILES string of the molecule is CC(C(=O)O)N(CC(=O)N(Cc1ccccc1)C1CC1)C1CC1. The number of rotatable bonds is 8. The maximum Gasteiger partial charge on any atom is 0.320 e. The molecule has 0 bridgehead atoms. The Morgan fingerprint density at radius 2 is 1.74 bits per heavy atom. The topological polar surface area (TPSA) is 60.9 Å². The molecule has 2 aliphatic rings. The van der Waals surface area contributed by atoms with Crippen molar-refractivity contribution in [1.82, 2.24) is 9.80 Å². The summed E-state index contributed by atoms with van der Waals surface area (Å²) >= 11 is 0. The Kier molecular flexibility index (Phi) is 4.66. The molecule has 1 aromatic rings. The highest BCUT2D eigenvalue weighted by atomic mass is 16.4. The lowest BCUT2D eigenvalue weighted by Gasteiger charge is -2.29. The highest BCUT2D eigenvalue weighted by molar-refractivity contribution is 5.80. The Hall–Kier alpha value is -1.88. The van der Waals surface area contributed by atoms with Crippen LogP contribution in [0.15, 0.2) is 30.3 Å². The second-order valence-corrected chi connectivity index (χ2v) is 6.66. The first kappa shape index (κ1) is 16.0. The van der Waals surface area contributed by atoms with Gasteiger partial charge >= 0.3 is 5.97 Å². The first-order valence-electron chi connectivity index (χ1n) is 8.38. The van der Waals surface area contributed by atoms with Crippen molar-refractivity contribution in [1.29, 1.82) is 0 Å². The predicted octanol–water partition coefficient (Wildman–Crippen LogP) is 2.12. The third-order valence-corrected chi connectivity index (χ3v) is 4.69. The molecule has 1 amide bonds. The average molecular weight is 316 g/mol. The maximum atomic E-state index is 12.8. The van der Waals surface area contributed by atoms with Gasteiger partial charge in [0.2, 0.25) is 5.91 Å². The van der Waals surface area contributed by atoms with Gasteiger partial charge in [0, 0.05) is 18.6 Å². The van der Waals surface area contributed by atoms with Crippen LogP contribution in [-0.4, -0.2) is 51.5 Å². The van der Waals surface area contributed by atoms with Crippen LogP contribution in [0.25, 0.3) is 0 Å². The van der Waals surface area contributed by atoms with Crippen LogP contribution in [0.1, 0.15) is 38.2 Å². The van der Waals surface area contributed by atoms with Crippen molar-refractivity contribution in [2.45, 2.75) is 57.3 Å². The molecule has 0 aromatic heterocycles. The fraction of sp³-hybridized carbons (Fsp3) is 0.556. The first-order valence-corrected chi connectivity index (χ1v) is 8.38. The van der Waals surface area contributed by atoms with Gasteiger partial charge in [-0.3, -0.25) is 14.5 Å². The smallest absolute Gasteiger partial charge is 0.320 e. The molecular weight excluding hydrogens is 292 g/mol.